The molecule has 2 heterocycles. The number of aromatic nitrogens is 1. The van der Waals surface area contributed by atoms with Crippen molar-refractivity contribution < 1.29 is 0 Å². The van der Waals surface area contributed by atoms with Crippen LogP contribution in [0.5, 0.6) is 0 Å². The van der Waals surface area contributed by atoms with Gasteiger partial charge in [0.25, 0.3) is 5.56 Å². The molecule has 0 unspecified atom stereocenters. The van der Waals surface area contributed by atoms with Gasteiger partial charge in [-0.1, -0.05) is 6.42 Å². The van der Waals surface area contributed by atoms with Crippen molar-refractivity contribution in [2.75, 3.05) is 6.54 Å². The second kappa shape index (κ2) is 3.96. The van der Waals surface area contributed by atoms with Crippen LogP contribution in [0.2, 0.25) is 0 Å². The Kier molecular flexibility index (Phi) is 2.68. The lowest BCUT2D eigenvalue weighted by Gasteiger charge is -2.23. The largest absolute Gasteiger partial charge is 0.329 e. The second-order valence-electron chi connectivity index (χ2n) is 3.96. The molecule has 2 N–H and O–H groups in total. The molecule has 2 rings (SSSR count). The molecule has 0 radical (unpaired) electrons. The lowest BCUT2D eigenvalue weighted by Crippen LogP contribution is -2.31. The van der Waals surface area contributed by atoms with Crippen LogP contribution >= 0.6 is 0 Å². The van der Waals surface area contributed by atoms with Crippen molar-refractivity contribution in [3.63, 3.8) is 0 Å². The second-order valence-corrected chi connectivity index (χ2v) is 3.96. The number of piperidine rings is 1. The Morgan fingerprint density at radius 3 is 3.00 bits per heavy atom. The zero-order valence-electron chi connectivity index (χ0n) is 8.47. The third kappa shape index (κ3) is 1.87. The number of aryl methyl sites for hydroxylation is 1. The maximum atomic E-state index is 11.6. The third-order valence-corrected chi connectivity index (χ3v) is 2.76. The number of rotatable bonds is 1. The molecule has 1 aliphatic heterocycles. The van der Waals surface area contributed by atoms with Crippen molar-refractivity contribution >= 4 is 0 Å². The van der Waals surface area contributed by atoms with Crippen LogP contribution in [0, 0.1) is 6.92 Å². The summed E-state index contributed by atoms with van der Waals surface area (Å²) in [4.78, 5) is 14.3. The van der Waals surface area contributed by atoms with Crippen LogP contribution in [-0.2, 0) is 0 Å². The molecule has 1 saturated heterocycles. The molecule has 0 aromatic carbocycles. The van der Waals surface area contributed by atoms with Gasteiger partial charge in [-0.25, -0.2) is 0 Å². The van der Waals surface area contributed by atoms with E-state index in [1.165, 1.54) is 12.8 Å². The van der Waals surface area contributed by atoms with Crippen molar-refractivity contribution in [1.82, 2.24) is 10.3 Å². The van der Waals surface area contributed by atoms with E-state index in [1.54, 1.807) is 6.20 Å². The molecule has 0 aliphatic carbocycles. The number of pyridine rings is 1. The Labute approximate surface area is 83.5 Å². The van der Waals surface area contributed by atoms with E-state index in [4.69, 9.17) is 0 Å². The molecule has 0 saturated carbocycles. The quantitative estimate of drug-likeness (QED) is 0.708. The minimum Gasteiger partial charge on any atom is -0.329 e. The highest BCUT2D eigenvalue weighted by molar-refractivity contribution is 5.20. The van der Waals surface area contributed by atoms with E-state index < -0.39 is 0 Å². The number of aromatic amines is 1. The lowest BCUT2D eigenvalue weighted by atomic mass is 9.98. The summed E-state index contributed by atoms with van der Waals surface area (Å²) < 4.78 is 0. The summed E-state index contributed by atoms with van der Waals surface area (Å²) in [6, 6.07) is 2.24. The molecule has 14 heavy (non-hydrogen) atoms. The van der Waals surface area contributed by atoms with Crippen LogP contribution in [0.25, 0.3) is 0 Å². The van der Waals surface area contributed by atoms with E-state index in [2.05, 4.69) is 10.3 Å². The predicted octanol–water partition coefficient (Wildman–Crippen LogP) is 1.50. The smallest absolute Gasteiger partial charge is 0.252 e. The molecule has 1 atom stereocenters. The SMILES string of the molecule is Cc1c[nH]c(=O)c([C@H]2CCCCN2)c1. The van der Waals surface area contributed by atoms with Gasteiger partial charge >= 0.3 is 0 Å². The van der Waals surface area contributed by atoms with Crippen molar-refractivity contribution in [2.45, 2.75) is 32.2 Å². The fraction of sp³-hybridized carbons (Fsp3) is 0.545. The van der Waals surface area contributed by atoms with Crippen LogP contribution in [0.3, 0.4) is 0 Å². The minimum atomic E-state index is 0.0509. The summed E-state index contributed by atoms with van der Waals surface area (Å²) >= 11 is 0. The van der Waals surface area contributed by atoms with Gasteiger partial charge in [0.15, 0.2) is 0 Å². The Morgan fingerprint density at radius 1 is 1.43 bits per heavy atom. The average molecular weight is 192 g/mol. The van der Waals surface area contributed by atoms with Gasteiger partial charge in [0, 0.05) is 17.8 Å². The highest BCUT2D eigenvalue weighted by Crippen LogP contribution is 2.20. The Bertz CT molecular complexity index is 364. The molecular weight excluding hydrogens is 176 g/mol. The molecule has 1 aromatic rings. The summed E-state index contributed by atoms with van der Waals surface area (Å²) in [6.45, 7) is 3.03. The van der Waals surface area contributed by atoms with Crippen LogP contribution in [0.4, 0.5) is 0 Å². The van der Waals surface area contributed by atoms with Gasteiger partial charge in [-0.3, -0.25) is 4.79 Å². The summed E-state index contributed by atoms with van der Waals surface area (Å²) in [7, 11) is 0. The van der Waals surface area contributed by atoms with Crippen molar-refractivity contribution in [2.24, 2.45) is 0 Å². The van der Waals surface area contributed by atoms with Crippen molar-refractivity contribution in [1.29, 1.82) is 0 Å². The van der Waals surface area contributed by atoms with Gasteiger partial charge in [0.05, 0.1) is 0 Å². The van der Waals surface area contributed by atoms with Crippen LogP contribution in [-0.4, -0.2) is 11.5 Å². The molecule has 0 spiro atoms. The van der Waals surface area contributed by atoms with E-state index in [1.807, 2.05) is 13.0 Å². The molecule has 3 nitrogen and oxygen atoms in total. The Hall–Kier alpha value is -1.09. The van der Waals surface area contributed by atoms with Crippen LogP contribution in [0.15, 0.2) is 17.1 Å². The van der Waals surface area contributed by atoms with Gasteiger partial charge in [-0.15, -0.1) is 0 Å². The van der Waals surface area contributed by atoms with Crippen molar-refractivity contribution in [3.05, 3.63) is 33.7 Å². The fourth-order valence-electron chi connectivity index (χ4n) is 1.99. The molecule has 1 aromatic heterocycles. The average Bonchev–Trinajstić information content (AvgIpc) is 2.23. The summed E-state index contributed by atoms with van der Waals surface area (Å²) in [5, 5.41) is 3.38. The summed E-state index contributed by atoms with van der Waals surface area (Å²) in [5.41, 5.74) is 2.06. The zero-order valence-corrected chi connectivity index (χ0v) is 8.47. The van der Waals surface area contributed by atoms with E-state index in [0.717, 1.165) is 24.1 Å². The lowest BCUT2D eigenvalue weighted by molar-refractivity contribution is 0.409. The van der Waals surface area contributed by atoms with Crippen LogP contribution < -0.4 is 10.9 Å². The first kappa shape index (κ1) is 9.46. The normalized spacial score (nSPS) is 22.2. The minimum absolute atomic E-state index is 0.0509. The van der Waals surface area contributed by atoms with Gasteiger partial charge in [0.2, 0.25) is 0 Å². The standard InChI is InChI=1S/C11H16N2O/c1-8-6-9(11(14)13-7-8)10-4-2-3-5-12-10/h6-7,10,12H,2-5H2,1H3,(H,13,14)/t10-/m1/s1. The first-order chi connectivity index (χ1) is 6.77. The van der Waals surface area contributed by atoms with E-state index in [-0.39, 0.29) is 11.6 Å². The molecular formula is C11H16N2O. The molecule has 0 amide bonds. The summed E-state index contributed by atoms with van der Waals surface area (Å²) in [5.74, 6) is 0. The van der Waals surface area contributed by atoms with E-state index >= 15 is 0 Å². The third-order valence-electron chi connectivity index (χ3n) is 2.76. The first-order valence-corrected chi connectivity index (χ1v) is 5.20. The van der Waals surface area contributed by atoms with Gasteiger partial charge in [-0.05, 0) is 37.9 Å². The monoisotopic (exact) mass is 192 g/mol. The molecule has 1 aliphatic rings. The van der Waals surface area contributed by atoms with E-state index in [9.17, 15) is 4.79 Å². The molecule has 76 valence electrons. The number of nitrogens with one attached hydrogen (secondary N) is 2. The highest BCUT2D eigenvalue weighted by Gasteiger charge is 2.17. The molecule has 0 bridgehead atoms. The molecule has 3 heteroatoms. The molecule has 1 fully saturated rings. The number of hydrogen-bond acceptors (Lipinski definition) is 2. The van der Waals surface area contributed by atoms with Crippen LogP contribution in [0.1, 0.15) is 36.4 Å². The van der Waals surface area contributed by atoms with Gasteiger partial charge in [-0.2, -0.15) is 0 Å². The van der Waals surface area contributed by atoms with Gasteiger partial charge in [0.1, 0.15) is 0 Å². The Balaban J connectivity index is 2.29. The maximum absolute atomic E-state index is 11.6. The maximum Gasteiger partial charge on any atom is 0.252 e. The fourth-order valence-corrected chi connectivity index (χ4v) is 1.99. The van der Waals surface area contributed by atoms with E-state index in [0.29, 0.717) is 0 Å². The predicted molar refractivity (Wildman–Crippen MR) is 56.4 cm³/mol. The number of H-pyrrole nitrogens is 1. The van der Waals surface area contributed by atoms with Gasteiger partial charge < -0.3 is 10.3 Å². The topological polar surface area (TPSA) is 44.9 Å². The highest BCUT2D eigenvalue weighted by atomic mass is 16.1. The first-order valence-electron chi connectivity index (χ1n) is 5.20. The van der Waals surface area contributed by atoms with Crippen molar-refractivity contribution in [3.8, 4) is 0 Å². The Morgan fingerprint density at radius 2 is 2.29 bits per heavy atom. The summed E-state index contributed by atoms with van der Waals surface area (Å²) in [6.07, 6.45) is 5.27. The zero-order chi connectivity index (χ0) is 9.97. The number of hydrogen-bond donors (Lipinski definition) is 2.